The van der Waals surface area contributed by atoms with Gasteiger partial charge in [-0.2, -0.15) is 0 Å². The lowest BCUT2D eigenvalue weighted by Gasteiger charge is -2.10. The van der Waals surface area contributed by atoms with Crippen LogP contribution in [-0.4, -0.2) is 35.4 Å². The lowest BCUT2D eigenvalue weighted by molar-refractivity contribution is -0.142. The number of esters is 1. The normalized spacial score (nSPS) is 11.7. The van der Waals surface area contributed by atoms with Gasteiger partial charge in [0.05, 0.1) is 12.7 Å². The van der Waals surface area contributed by atoms with E-state index in [1.165, 1.54) is 26.2 Å². The molecule has 1 rings (SSSR count). The zero-order valence-electron chi connectivity index (χ0n) is 9.34. The second-order valence-corrected chi connectivity index (χ2v) is 3.27. The minimum absolute atomic E-state index is 0.0424. The molecule has 0 fully saturated rings. The van der Waals surface area contributed by atoms with Gasteiger partial charge in [0.2, 0.25) is 0 Å². The largest absolute Gasteiger partial charge is 0.493 e. The molecule has 0 spiro atoms. The topological polar surface area (TPSA) is 93.1 Å². The Bertz CT molecular complexity index is 438. The number of hydrogen-bond acceptors (Lipinski definition) is 5. The number of hydrogen-bond donors (Lipinski definition) is 2. The van der Waals surface area contributed by atoms with Crippen molar-refractivity contribution in [3.05, 3.63) is 23.8 Å². The van der Waals surface area contributed by atoms with Crippen molar-refractivity contribution in [2.75, 3.05) is 7.11 Å². The number of carbonyl (C=O) groups is 2. The number of rotatable bonds is 4. The molecule has 0 bridgehead atoms. The van der Waals surface area contributed by atoms with Gasteiger partial charge in [-0.05, 0) is 25.1 Å². The van der Waals surface area contributed by atoms with Gasteiger partial charge in [-0.1, -0.05) is 0 Å². The molecule has 2 N–H and O–H groups in total. The van der Waals surface area contributed by atoms with Gasteiger partial charge in [0, 0.05) is 0 Å². The number of ether oxygens (including phenoxy) is 2. The van der Waals surface area contributed by atoms with Crippen LogP contribution in [0, 0.1) is 0 Å². The molecule has 0 aromatic heterocycles. The van der Waals surface area contributed by atoms with Crippen LogP contribution in [0.3, 0.4) is 0 Å². The smallest absolute Gasteiger partial charge is 0.340 e. The number of methoxy groups -OCH3 is 1. The van der Waals surface area contributed by atoms with E-state index in [9.17, 15) is 9.59 Å². The van der Waals surface area contributed by atoms with Gasteiger partial charge in [-0.25, -0.2) is 9.59 Å². The van der Waals surface area contributed by atoms with E-state index >= 15 is 0 Å². The minimum Gasteiger partial charge on any atom is -0.493 e. The average molecular weight is 240 g/mol. The van der Waals surface area contributed by atoms with E-state index in [1.54, 1.807) is 0 Å². The SMILES string of the molecule is COc1ccc(C(=O)O)cc1OC(=O)C(C)O. The molecule has 0 saturated carbocycles. The van der Waals surface area contributed by atoms with Crippen LogP contribution in [0.4, 0.5) is 0 Å². The fourth-order valence-electron chi connectivity index (χ4n) is 1.08. The van der Waals surface area contributed by atoms with Crippen LogP contribution in [0.15, 0.2) is 18.2 Å². The first-order valence-corrected chi connectivity index (χ1v) is 4.76. The highest BCUT2D eigenvalue weighted by atomic mass is 16.6. The molecule has 0 aliphatic rings. The maximum absolute atomic E-state index is 11.2. The molecule has 0 radical (unpaired) electrons. The quantitative estimate of drug-likeness (QED) is 0.593. The molecular formula is C11H12O6. The molecule has 6 nitrogen and oxygen atoms in total. The van der Waals surface area contributed by atoms with Crippen molar-refractivity contribution in [1.82, 2.24) is 0 Å². The van der Waals surface area contributed by atoms with E-state index in [0.717, 1.165) is 6.07 Å². The summed E-state index contributed by atoms with van der Waals surface area (Å²) >= 11 is 0. The molecule has 92 valence electrons. The standard InChI is InChI=1S/C11H12O6/c1-6(12)11(15)17-9-5-7(10(13)14)3-4-8(9)16-2/h3-6,12H,1-2H3,(H,13,14). The molecule has 0 heterocycles. The molecular weight excluding hydrogens is 228 g/mol. The van der Waals surface area contributed by atoms with E-state index in [2.05, 4.69) is 0 Å². The first kappa shape index (κ1) is 13.0. The van der Waals surface area contributed by atoms with Crippen molar-refractivity contribution >= 4 is 11.9 Å². The minimum atomic E-state index is -1.30. The molecule has 17 heavy (non-hydrogen) atoms. The van der Waals surface area contributed by atoms with Crippen molar-refractivity contribution in [3.63, 3.8) is 0 Å². The molecule has 0 aliphatic carbocycles. The number of aliphatic hydroxyl groups excluding tert-OH is 1. The number of carboxylic acids is 1. The second kappa shape index (κ2) is 5.31. The predicted molar refractivity (Wildman–Crippen MR) is 57.3 cm³/mol. The monoisotopic (exact) mass is 240 g/mol. The van der Waals surface area contributed by atoms with Crippen molar-refractivity contribution in [1.29, 1.82) is 0 Å². The van der Waals surface area contributed by atoms with Crippen LogP contribution >= 0.6 is 0 Å². The van der Waals surface area contributed by atoms with Crippen molar-refractivity contribution in [2.24, 2.45) is 0 Å². The number of aliphatic hydroxyl groups is 1. The molecule has 1 unspecified atom stereocenters. The van der Waals surface area contributed by atoms with Crippen LogP contribution in [0.2, 0.25) is 0 Å². The van der Waals surface area contributed by atoms with Gasteiger partial charge in [-0.15, -0.1) is 0 Å². The Morgan fingerprint density at radius 3 is 2.41 bits per heavy atom. The molecule has 0 amide bonds. The molecule has 1 aromatic carbocycles. The van der Waals surface area contributed by atoms with Gasteiger partial charge in [0.15, 0.2) is 11.5 Å². The number of carboxylic acid groups (broad SMARTS) is 1. The van der Waals surface area contributed by atoms with Gasteiger partial charge in [-0.3, -0.25) is 0 Å². The summed E-state index contributed by atoms with van der Waals surface area (Å²) in [6.45, 7) is 1.25. The zero-order chi connectivity index (χ0) is 13.0. The van der Waals surface area contributed by atoms with E-state index in [4.69, 9.17) is 19.7 Å². The zero-order valence-corrected chi connectivity index (χ0v) is 9.34. The van der Waals surface area contributed by atoms with Crippen LogP contribution in [0.1, 0.15) is 17.3 Å². The maximum atomic E-state index is 11.2. The first-order chi connectivity index (χ1) is 7.95. The summed E-state index contributed by atoms with van der Waals surface area (Å²) in [4.78, 5) is 21.9. The van der Waals surface area contributed by atoms with Crippen molar-refractivity contribution in [2.45, 2.75) is 13.0 Å². The molecule has 1 aromatic rings. The van der Waals surface area contributed by atoms with E-state index in [1.807, 2.05) is 0 Å². The fourth-order valence-corrected chi connectivity index (χ4v) is 1.08. The highest BCUT2D eigenvalue weighted by Gasteiger charge is 2.16. The van der Waals surface area contributed by atoms with Gasteiger partial charge < -0.3 is 19.7 Å². The Morgan fingerprint density at radius 1 is 1.29 bits per heavy atom. The van der Waals surface area contributed by atoms with Crippen LogP contribution in [-0.2, 0) is 4.79 Å². The second-order valence-electron chi connectivity index (χ2n) is 3.27. The van der Waals surface area contributed by atoms with Gasteiger partial charge >= 0.3 is 11.9 Å². The first-order valence-electron chi connectivity index (χ1n) is 4.76. The number of benzene rings is 1. The maximum Gasteiger partial charge on any atom is 0.340 e. The predicted octanol–water partition coefficient (Wildman–Crippen LogP) is 0.680. The number of carbonyl (C=O) groups excluding carboxylic acids is 1. The summed E-state index contributed by atoms with van der Waals surface area (Å²) in [6, 6.07) is 3.84. The van der Waals surface area contributed by atoms with Crippen LogP contribution in [0.25, 0.3) is 0 Å². The summed E-state index contributed by atoms with van der Waals surface area (Å²) in [7, 11) is 1.36. The Kier molecular flexibility index (Phi) is 4.06. The van der Waals surface area contributed by atoms with E-state index in [0.29, 0.717) is 0 Å². The summed E-state index contributed by atoms with van der Waals surface area (Å²) in [6.07, 6.45) is -1.30. The van der Waals surface area contributed by atoms with Crippen LogP contribution in [0.5, 0.6) is 11.5 Å². The van der Waals surface area contributed by atoms with E-state index in [-0.39, 0.29) is 17.1 Å². The molecule has 0 aliphatic heterocycles. The van der Waals surface area contributed by atoms with Crippen LogP contribution < -0.4 is 9.47 Å². The highest BCUT2D eigenvalue weighted by Crippen LogP contribution is 2.28. The molecule has 0 saturated heterocycles. The van der Waals surface area contributed by atoms with Crippen molar-refractivity contribution in [3.8, 4) is 11.5 Å². The lowest BCUT2D eigenvalue weighted by atomic mass is 10.2. The Balaban J connectivity index is 3.06. The Labute approximate surface area is 97.4 Å². The fraction of sp³-hybridized carbons (Fsp3) is 0.273. The Hall–Kier alpha value is -2.08. The van der Waals surface area contributed by atoms with E-state index < -0.39 is 18.0 Å². The van der Waals surface area contributed by atoms with Gasteiger partial charge in [0.1, 0.15) is 6.10 Å². The lowest BCUT2D eigenvalue weighted by Crippen LogP contribution is -2.22. The summed E-state index contributed by atoms with van der Waals surface area (Å²) in [5, 5.41) is 17.8. The highest BCUT2D eigenvalue weighted by molar-refractivity contribution is 5.89. The van der Waals surface area contributed by atoms with Crippen molar-refractivity contribution < 1.29 is 29.3 Å². The third kappa shape index (κ3) is 3.18. The summed E-state index contributed by atoms with van der Waals surface area (Å²) in [5.74, 6) is -1.87. The average Bonchev–Trinajstić information content (AvgIpc) is 2.28. The molecule has 6 heteroatoms. The number of aromatic carboxylic acids is 1. The van der Waals surface area contributed by atoms with Gasteiger partial charge in [0.25, 0.3) is 0 Å². The third-order valence-electron chi connectivity index (χ3n) is 1.96. The summed E-state index contributed by atoms with van der Waals surface area (Å²) in [5.41, 5.74) is -0.0424. The Morgan fingerprint density at radius 2 is 1.94 bits per heavy atom. The summed E-state index contributed by atoms with van der Waals surface area (Å²) < 4.78 is 9.72. The third-order valence-corrected chi connectivity index (χ3v) is 1.96. The molecule has 1 atom stereocenters.